The first-order valence-electron chi connectivity index (χ1n) is 6.83. The highest BCUT2D eigenvalue weighted by molar-refractivity contribution is 5.87. The van der Waals surface area contributed by atoms with Crippen LogP contribution in [-0.4, -0.2) is 51.8 Å². The Morgan fingerprint density at radius 2 is 2.14 bits per heavy atom. The molecule has 6 heteroatoms. The van der Waals surface area contributed by atoms with Crippen molar-refractivity contribution in [2.75, 3.05) is 6.54 Å². The summed E-state index contributed by atoms with van der Waals surface area (Å²) < 4.78 is 5.57. The zero-order chi connectivity index (χ0) is 15.6. The fourth-order valence-corrected chi connectivity index (χ4v) is 2.47. The number of carboxylic acid groups (broad SMARTS) is 1. The molecule has 6 nitrogen and oxygen atoms in total. The Morgan fingerprint density at radius 1 is 1.43 bits per heavy atom. The molecular formula is C15H19NO5. The van der Waals surface area contributed by atoms with Crippen LogP contribution in [0.25, 0.3) is 0 Å². The second-order valence-electron chi connectivity index (χ2n) is 5.31. The van der Waals surface area contributed by atoms with Crippen molar-refractivity contribution < 1.29 is 24.5 Å². The number of carbonyl (C=O) groups excluding carboxylic acids is 1. The van der Waals surface area contributed by atoms with E-state index in [1.807, 2.05) is 19.1 Å². The normalized spacial score (nSPS) is 22.9. The van der Waals surface area contributed by atoms with Gasteiger partial charge in [-0.2, -0.15) is 0 Å². The number of likely N-dealkylation sites (tertiary alicyclic amines) is 1. The van der Waals surface area contributed by atoms with Gasteiger partial charge in [0.15, 0.2) is 6.10 Å². The Morgan fingerprint density at radius 3 is 2.76 bits per heavy atom. The maximum Gasteiger partial charge on any atom is 0.326 e. The van der Waals surface area contributed by atoms with Gasteiger partial charge in [-0.25, -0.2) is 4.79 Å². The maximum atomic E-state index is 12.3. The summed E-state index contributed by atoms with van der Waals surface area (Å²) in [6.45, 7) is 3.52. The minimum absolute atomic E-state index is 0.0251. The molecule has 1 heterocycles. The lowest BCUT2D eigenvalue weighted by Gasteiger charge is -2.25. The Labute approximate surface area is 122 Å². The topological polar surface area (TPSA) is 87.1 Å². The third-order valence-electron chi connectivity index (χ3n) is 3.50. The summed E-state index contributed by atoms with van der Waals surface area (Å²) in [5, 5.41) is 18.7. The Balaban J connectivity index is 2.06. The van der Waals surface area contributed by atoms with Gasteiger partial charge in [0, 0.05) is 13.0 Å². The van der Waals surface area contributed by atoms with E-state index in [1.54, 1.807) is 19.1 Å². The van der Waals surface area contributed by atoms with Crippen LogP contribution in [0.4, 0.5) is 0 Å². The first-order valence-corrected chi connectivity index (χ1v) is 6.83. The van der Waals surface area contributed by atoms with Crippen LogP contribution in [0.1, 0.15) is 18.9 Å². The highest BCUT2D eigenvalue weighted by Gasteiger charge is 2.40. The van der Waals surface area contributed by atoms with E-state index >= 15 is 0 Å². The van der Waals surface area contributed by atoms with Crippen molar-refractivity contribution >= 4 is 11.9 Å². The van der Waals surface area contributed by atoms with E-state index < -0.39 is 30.1 Å². The molecule has 1 aromatic carbocycles. The zero-order valence-electron chi connectivity index (χ0n) is 12.0. The molecule has 3 atom stereocenters. The van der Waals surface area contributed by atoms with Gasteiger partial charge in [0.2, 0.25) is 0 Å². The average Bonchev–Trinajstić information content (AvgIpc) is 2.80. The number of aliphatic hydroxyl groups is 1. The molecule has 1 fully saturated rings. The summed E-state index contributed by atoms with van der Waals surface area (Å²) in [5.41, 5.74) is 1.01. The number of benzene rings is 1. The molecule has 1 saturated heterocycles. The smallest absolute Gasteiger partial charge is 0.326 e. The number of rotatable bonds is 4. The van der Waals surface area contributed by atoms with Crippen LogP contribution < -0.4 is 4.74 Å². The lowest BCUT2D eigenvalue weighted by molar-refractivity contribution is -0.150. The zero-order valence-corrected chi connectivity index (χ0v) is 12.0. The molecule has 0 bridgehead atoms. The van der Waals surface area contributed by atoms with Gasteiger partial charge in [-0.15, -0.1) is 0 Å². The van der Waals surface area contributed by atoms with Crippen LogP contribution in [0.15, 0.2) is 24.3 Å². The van der Waals surface area contributed by atoms with Crippen LogP contribution in [0.5, 0.6) is 5.75 Å². The standard InChI is InChI=1S/C15H19NO5/c1-9-4-3-5-12(6-9)21-10(2)14(18)16-8-11(17)7-13(16)15(19)20/h3-6,10-11,13,17H,7-8H2,1-2H3,(H,19,20)/t10?,11-,13+/m1/s1. The van der Waals surface area contributed by atoms with Crippen LogP contribution in [0.3, 0.4) is 0 Å². The monoisotopic (exact) mass is 293 g/mol. The van der Waals surface area contributed by atoms with Crippen molar-refractivity contribution in [3.05, 3.63) is 29.8 Å². The third kappa shape index (κ3) is 3.52. The van der Waals surface area contributed by atoms with Gasteiger partial charge in [-0.05, 0) is 31.5 Å². The lowest BCUT2D eigenvalue weighted by Crippen LogP contribution is -2.46. The molecule has 2 N–H and O–H groups in total. The number of aliphatic hydroxyl groups excluding tert-OH is 1. The van der Waals surface area contributed by atoms with Gasteiger partial charge in [0.05, 0.1) is 6.10 Å². The predicted octanol–water partition coefficient (Wildman–Crippen LogP) is 0.809. The average molecular weight is 293 g/mol. The first kappa shape index (κ1) is 15.3. The summed E-state index contributed by atoms with van der Waals surface area (Å²) in [4.78, 5) is 24.6. The van der Waals surface area contributed by atoms with Crippen LogP contribution in [0.2, 0.25) is 0 Å². The second kappa shape index (κ2) is 6.13. The minimum atomic E-state index is -1.11. The highest BCUT2D eigenvalue weighted by atomic mass is 16.5. The number of hydrogen-bond acceptors (Lipinski definition) is 4. The van der Waals surface area contributed by atoms with E-state index in [-0.39, 0.29) is 13.0 Å². The molecule has 1 aliphatic heterocycles. The summed E-state index contributed by atoms with van der Waals surface area (Å²) in [5.74, 6) is -0.981. The second-order valence-corrected chi connectivity index (χ2v) is 5.31. The fraction of sp³-hybridized carbons (Fsp3) is 0.467. The molecule has 1 aliphatic rings. The lowest BCUT2D eigenvalue weighted by atomic mass is 10.2. The van der Waals surface area contributed by atoms with Gasteiger partial charge < -0.3 is 19.8 Å². The molecule has 0 aliphatic carbocycles. The molecule has 0 radical (unpaired) electrons. The molecule has 0 aromatic heterocycles. The van der Waals surface area contributed by atoms with E-state index in [4.69, 9.17) is 9.84 Å². The summed E-state index contributed by atoms with van der Waals surface area (Å²) >= 11 is 0. The number of ether oxygens (including phenoxy) is 1. The molecule has 1 amide bonds. The highest BCUT2D eigenvalue weighted by Crippen LogP contribution is 2.21. The van der Waals surface area contributed by atoms with E-state index in [1.165, 1.54) is 4.90 Å². The number of aliphatic carboxylic acids is 1. The summed E-state index contributed by atoms with van der Waals surface area (Å²) in [6.07, 6.45) is -1.56. The number of carboxylic acids is 1. The Hall–Kier alpha value is -2.08. The third-order valence-corrected chi connectivity index (χ3v) is 3.50. The van der Waals surface area contributed by atoms with E-state index in [0.29, 0.717) is 5.75 Å². The van der Waals surface area contributed by atoms with Crippen molar-refractivity contribution in [1.82, 2.24) is 4.90 Å². The predicted molar refractivity (Wildman–Crippen MR) is 75.0 cm³/mol. The van der Waals surface area contributed by atoms with Gasteiger partial charge >= 0.3 is 5.97 Å². The van der Waals surface area contributed by atoms with E-state index in [2.05, 4.69) is 0 Å². The van der Waals surface area contributed by atoms with Crippen LogP contribution in [-0.2, 0) is 9.59 Å². The fourth-order valence-electron chi connectivity index (χ4n) is 2.47. The van der Waals surface area contributed by atoms with E-state index in [9.17, 15) is 14.7 Å². The molecule has 21 heavy (non-hydrogen) atoms. The van der Waals surface area contributed by atoms with Crippen molar-refractivity contribution in [3.63, 3.8) is 0 Å². The van der Waals surface area contributed by atoms with Gasteiger partial charge in [-0.3, -0.25) is 4.79 Å². The minimum Gasteiger partial charge on any atom is -0.481 e. The quantitative estimate of drug-likeness (QED) is 0.858. The SMILES string of the molecule is Cc1cccc(OC(C)C(=O)N2C[C@H](O)C[C@H]2C(=O)O)c1. The number of carbonyl (C=O) groups is 2. The molecular weight excluding hydrogens is 274 g/mol. The van der Waals surface area contributed by atoms with Crippen molar-refractivity contribution in [3.8, 4) is 5.75 Å². The molecule has 1 unspecified atom stereocenters. The molecule has 0 spiro atoms. The van der Waals surface area contributed by atoms with Gasteiger partial charge in [0.1, 0.15) is 11.8 Å². The number of aryl methyl sites for hydroxylation is 1. The Kier molecular flexibility index (Phi) is 4.47. The maximum absolute atomic E-state index is 12.3. The molecule has 114 valence electrons. The van der Waals surface area contributed by atoms with Gasteiger partial charge in [-0.1, -0.05) is 12.1 Å². The summed E-state index contributed by atoms with van der Waals surface area (Å²) in [6, 6.07) is 6.29. The molecule has 1 aromatic rings. The van der Waals surface area contributed by atoms with Crippen LogP contribution in [0, 0.1) is 6.92 Å². The Bertz CT molecular complexity index is 545. The number of β-amino-alcohol motifs (C(OH)–C–C–N with tert-alkyl or cyclic N) is 1. The van der Waals surface area contributed by atoms with Crippen molar-refractivity contribution in [2.24, 2.45) is 0 Å². The summed E-state index contributed by atoms with van der Waals surface area (Å²) in [7, 11) is 0. The number of hydrogen-bond donors (Lipinski definition) is 2. The molecule has 2 rings (SSSR count). The molecule has 0 saturated carbocycles. The number of amides is 1. The van der Waals surface area contributed by atoms with E-state index in [0.717, 1.165) is 5.56 Å². The number of nitrogens with zero attached hydrogens (tertiary/aromatic N) is 1. The van der Waals surface area contributed by atoms with Gasteiger partial charge in [0.25, 0.3) is 5.91 Å². The largest absolute Gasteiger partial charge is 0.481 e. The first-order chi connectivity index (χ1) is 9.88. The van der Waals surface area contributed by atoms with Crippen molar-refractivity contribution in [1.29, 1.82) is 0 Å². The van der Waals surface area contributed by atoms with Crippen LogP contribution >= 0.6 is 0 Å². The van der Waals surface area contributed by atoms with Crippen molar-refractivity contribution in [2.45, 2.75) is 38.5 Å².